The molecule has 1 saturated heterocycles. The molecule has 4 aromatic carbocycles. The topological polar surface area (TPSA) is 82.2 Å². The highest BCUT2D eigenvalue weighted by molar-refractivity contribution is 5.81. The number of nitrogens with zero attached hydrogens (tertiary/aromatic N) is 3. The number of rotatable bonds is 13. The lowest BCUT2D eigenvalue weighted by atomic mass is 9.79. The molecular formula is C41H49N3O7. The largest absolute Gasteiger partial charge is 0.496 e. The van der Waals surface area contributed by atoms with Crippen LogP contribution in [0, 0.1) is 0 Å². The Morgan fingerprint density at radius 2 is 1.39 bits per heavy atom. The van der Waals surface area contributed by atoms with Crippen molar-refractivity contribution in [3.05, 3.63) is 95.1 Å². The van der Waals surface area contributed by atoms with Gasteiger partial charge in [0.05, 0.1) is 42.0 Å². The number of carbonyl (C=O) groups is 1. The fraction of sp³-hybridized carbons (Fsp3) is 0.390. The van der Waals surface area contributed by atoms with E-state index in [1.54, 1.807) is 35.5 Å². The second kappa shape index (κ2) is 15.9. The van der Waals surface area contributed by atoms with Crippen molar-refractivity contribution in [2.75, 3.05) is 92.2 Å². The Morgan fingerprint density at radius 1 is 0.765 bits per heavy atom. The number of piperazine rings is 1. The van der Waals surface area contributed by atoms with Crippen molar-refractivity contribution in [3.8, 4) is 34.5 Å². The van der Waals surface area contributed by atoms with E-state index < -0.39 is 5.92 Å². The van der Waals surface area contributed by atoms with Crippen molar-refractivity contribution >= 4 is 17.3 Å². The Morgan fingerprint density at radius 3 is 1.96 bits per heavy atom. The maximum absolute atomic E-state index is 13.6. The van der Waals surface area contributed by atoms with Gasteiger partial charge in [0.25, 0.3) is 0 Å². The Balaban J connectivity index is 1.43. The van der Waals surface area contributed by atoms with Crippen LogP contribution in [0.3, 0.4) is 0 Å². The summed E-state index contributed by atoms with van der Waals surface area (Å²) >= 11 is 0. The molecule has 2 heterocycles. The molecule has 0 aliphatic carbocycles. The van der Waals surface area contributed by atoms with Gasteiger partial charge in [-0.2, -0.15) is 0 Å². The van der Waals surface area contributed by atoms with Gasteiger partial charge in [0.2, 0.25) is 5.75 Å². The van der Waals surface area contributed by atoms with Crippen LogP contribution in [-0.2, 0) is 4.79 Å². The van der Waals surface area contributed by atoms with E-state index in [1.807, 2.05) is 32.3 Å². The Hall–Kier alpha value is -5.09. The maximum Gasteiger partial charge on any atom is 0.312 e. The Bertz CT molecular complexity index is 1780. The Labute approximate surface area is 301 Å². The zero-order valence-electron chi connectivity index (χ0n) is 30.7. The average molecular weight is 696 g/mol. The van der Waals surface area contributed by atoms with E-state index in [0.29, 0.717) is 34.5 Å². The lowest BCUT2D eigenvalue weighted by Crippen LogP contribution is -2.46. The number of anilines is 2. The molecule has 0 bridgehead atoms. The molecule has 6 rings (SSSR count). The molecule has 10 nitrogen and oxygen atoms in total. The molecule has 2 atom stereocenters. The van der Waals surface area contributed by atoms with Gasteiger partial charge in [-0.05, 0) is 60.5 Å². The number of para-hydroxylation sites is 1. The molecule has 4 aromatic rings. The number of methoxy groups -OCH3 is 5. The normalized spacial score (nSPS) is 16.5. The molecule has 270 valence electrons. The van der Waals surface area contributed by atoms with Gasteiger partial charge in [-0.15, -0.1) is 0 Å². The first-order valence-corrected chi connectivity index (χ1v) is 17.4. The van der Waals surface area contributed by atoms with Crippen molar-refractivity contribution < 1.29 is 33.2 Å². The van der Waals surface area contributed by atoms with Gasteiger partial charge in [-0.3, -0.25) is 9.69 Å². The summed E-state index contributed by atoms with van der Waals surface area (Å²) in [4.78, 5) is 20.7. The number of hydrogen-bond donors (Lipinski definition) is 0. The summed E-state index contributed by atoms with van der Waals surface area (Å²) in [5.74, 6) is 2.28. The fourth-order valence-corrected chi connectivity index (χ4v) is 7.43. The minimum Gasteiger partial charge on any atom is -0.496 e. The number of carbonyl (C=O) groups excluding carboxylic acids is 1. The Kier molecular flexibility index (Phi) is 11.1. The number of fused-ring (bicyclic) bond motifs is 1. The molecule has 0 spiro atoms. The molecule has 0 N–H and O–H groups in total. The zero-order valence-corrected chi connectivity index (χ0v) is 30.7. The van der Waals surface area contributed by atoms with Gasteiger partial charge < -0.3 is 38.2 Å². The third-order valence-corrected chi connectivity index (χ3v) is 10.1. The summed E-state index contributed by atoms with van der Waals surface area (Å²) in [6.45, 7) is 4.69. The predicted octanol–water partition coefficient (Wildman–Crippen LogP) is 6.58. The van der Waals surface area contributed by atoms with Crippen LogP contribution in [-0.4, -0.2) is 93.2 Å². The number of benzene rings is 4. The van der Waals surface area contributed by atoms with Crippen LogP contribution in [0.25, 0.3) is 0 Å². The van der Waals surface area contributed by atoms with Crippen LogP contribution >= 0.6 is 0 Å². The lowest BCUT2D eigenvalue weighted by molar-refractivity contribution is -0.135. The van der Waals surface area contributed by atoms with E-state index in [4.69, 9.17) is 28.4 Å². The van der Waals surface area contributed by atoms with Crippen LogP contribution in [0.4, 0.5) is 11.4 Å². The first kappa shape index (κ1) is 35.7. The van der Waals surface area contributed by atoms with Crippen molar-refractivity contribution in [1.29, 1.82) is 0 Å². The summed E-state index contributed by atoms with van der Waals surface area (Å²) < 4.78 is 35.4. The number of hydrogen-bond acceptors (Lipinski definition) is 10. The molecule has 1 fully saturated rings. The van der Waals surface area contributed by atoms with E-state index in [-0.39, 0.29) is 18.3 Å². The number of esters is 1. The van der Waals surface area contributed by atoms with Gasteiger partial charge in [0, 0.05) is 80.7 Å². The van der Waals surface area contributed by atoms with Crippen molar-refractivity contribution in [1.82, 2.24) is 4.90 Å². The zero-order chi connectivity index (χ0) is 36.1. The highest BCUT2D eigenvalue weighted by Gasteiger charge is 2.38. The van der Waals surface area contributed by atoms with Gasteiger partial charge >= 0.3 is 5.97 Å². The summed E-state index contributed by atoms with van der Waals surface area (Å²) in [5.41, 5.74) is 5.91. The molecule has 0 aromatic heterocycles. The minimum absolute atomic E-state index is 0.113. The van der Waals surface area contributed by atoms with Crippen molar-refractivity contribution in [2.24, 2.45) is 0 Å². The second-order valence-corrected chi connectivity index (χ2v) is 13.1. The first-order valence-electron chi connectivity index (χ1n) is 17.4. The summed E-state index contributed by atoms with van der Waals surface area (Å²) in [6.07, 6.45) is 0.899. The minimum atomic E-state index is -0.405. The predicted molar refractivity (Wildman–Crippen MR) is 200 cm³/mol. The molecule has 0 radical (unpaired) electrons. The molecule has 51 heavy (non-hydrogen) atoms. The maximum atomic E-state index is 13.6. The summed E-state index contributed by atoms with van der Waals surface area (Å²) in [5, 5.41) is 0. The third-order valence-electron chi connectivity index (χ3n) is 10.1. The molecule has 10 heteroatoms. The second-order valence-electron chi connectivity index (χ2n) is 13.1. The molecule has 0 amide bonds. The van der Waals surface area contributed by atoms with E-state index in [0.717, 1.165) is 67.1 Å². The van der Waals surface area contributed by atoms with Gasteiger partial charge in [-0.1, -0.05) is 30.3 Å². The molecular weight excluding hydrogens is 646 g/mol. The molecule has 2 aliphatic heterocycles. The average Bonchev–Trinajstić information content (AvgIpc) is 3.17. The smallest absolute Gasteiger partial charge is 0.312 e. The van der Waals surface area contributed by atoms with E-state index in [1.165, 1.54) is 5.69 Å². The van der Waals surface area contributed by atoms with Crippen LogP contribution in [0.2, 0.25) is 0 Å². The van der Waals surface area contributed by atoms with Crippen molar-refractivity contribution in [3.63, 3.8) is 0 Å². The van der Waals surface area contributed by atoms with E-state index >= 15 is 0 Å². The summed E-state index contributed by atoms with van der Waals surface area (Å²) in [7, 11) is 12.1. The standard InChI is InChI=1S/C41H49N3O7/c1-42(2)29-15-13-27(14-16-29)31(17-18-43-19-21-44(22-20-43)30-11-9-8-10-12-30)38-33(46-3)26-34(47-4)39-32(25-37(45)51-41(38)39)28-23-35(48-5)40(50-7)36(24-28)49-6/h8-16,23-24,26,31-32H,17-22,25H2,1-7H3/t31-,32-/m1/s1. The van der Waals surface area contributed by atoms with Gasteiger partial charge in [0.15, 0.2) is 11.5 Å². The molecule has 0 saturated carbocycles. The van der Waals surface area contributed by atoms with E-state index in [9.17, 15) is 4.79 Å². The van der Waals surface area contributed by atoms with Crippen LogP contribution in [0.1, 0.15) is 46.9 Å². The summed E-state index contributed by atoms with van der Waals surface area (Å²) in [6, 6.07) is 24.9. The van der Waals surface area contributed by atoms with Crippen LogP contribution in [0.15, 0.2) is 72.8 Å². The molecule has 2 aliphatic rings. The number of ether oxygens (including phenoxy) is 6. The van der Waals surface area contributed by atoms with E-state index in [2.05, 4.69) is 69.3 Å². The van der Waals surface area contributed by atoms with Crippen LogP contribution in [0.5, 0.6) is 34.5 Å². The fourth-order valence-electron chi connectivity index (χ4n) is 7.43. The third kappa shape index (κ3) is 7.37. The van der Waals surface area contributed by atoms with Crippen molar-refractivity contribution in [2.45, 2.75) is 24.7 Å². The lowest BCUT2D eigenvalue weighted by Gasteiger charge is -2.37. The first-order chi connectivity index (χ1) is 24.8. The molecule has 0 unspecified atom stereocenters. The van der Waals surface area contributed by atoms with Gasteiger partial charge in [0.1, 0.15) is 17.2 Å². The highest BCUT2D eigenvalue weighted by Crippen LogP contribution is 2.54. The van der Waals surface area contributed by atoms with Crippen LogP contribution < -0.4 is 38.2 Å². The monoisotopic (exact) mass is 695 g/mol. The quantitative estimate of drug-likeness (QED) is 0.113. The SMILES string of the molecule is COc1cc([C@H]2CC(=O)Oc3c([C@H](CCN4CCN(c5ccccc5)CC4)c4ccc(N(C)C)cc4)c(OC)cc(OC)c32)cc(OC)c1OC. The highest BCUT2D eigenvalue weighted by atomic mass is 16.5. The van der Waals surface area contributed by atoms with Gasteiger partial charge in [-0.25, -0.2) is 0 Å².